The minimum atomic E-state index is -0.329. The van der Waals surface area contributed by atoms with Crippen molar-refractivity contribution in [3.8, 4) is 11.5 Å². The molecule has 0 saturated carbocycles. The lowest BCUT2D eigenvalue weighted by Gasteiger charge is -2.21. The second-order valence-corrected chi connectivity index (χ2v) is 4.77. The van der Waals surface area contributed by atoms with Gasteiger partial charge in [0.1, 0.15) is 0 Å². The molecule has 1 amide bonds. The number of primary amides is 1. The summed E-state index contributed by atoms with van der Waals surface area (Å²) in [5.41, 5.74) is 6.26. The Labute approximate surface area is 120 Å². The highest BCUT2D eigenvalue weighted by atomic mass is 16.5. The number of nitrogens with two attached hydrogens (primary N) is 1. The summed E-state index contributed by atoms with van der Waals surface area (Å²) in [4.78, 5) is 13.1. The molecule has 0 bridgehead atoms. The van der Waals surface area contributed by atoms with Gasteiger partial charge in [0, 0.05) is 6.54 Å². The summed E-state index contributed by atoms with van der Waals surface area (Å²) in [6.45, 7) is 6.15. The Morgan fingerprint density at radius 1 is 1.40 bits per heavy atom. The van der Waals surface area contributed by atoms with Crippen molar-refractivity contribution >= 4 is 5.91 Å². The molecule has 0 atom stereocenters. The molecule has 0 aliphatic heterocycles. The van der Waals surface area contributed by atoms with E-state index in [1.165, 1.54) is 0 Å². The van der Waals surface area contributed by atoms with E-state index in [-0.39, 0.29) is 18.2 Å². The molecule has 0 fully saturated rings. The zero-order valence-corrected chi connectivity index (χ0v) is 12.3. The van der Waals surface area contributed by atoms with Crippen LogP contribution in [0.15, 0.2) is 18.2 Å². The normalized spacial score (nSPS) is 10.8. The van der Waals surface area contributed by atoms with Crippen LogP contribution >= 0.6 is 0 Å². The monoisotopic (exact) mass is 280 g/mol. The van der Waals surface area contributed by atoms with Crippen LogP contribution in [0.4, 0.5) is 0 Å². The maximum atomic E-state index is 11.1. The first-order valence-corrected chi connectivity index (χ1v) is 7.02. The first-order chi connectivity index (χ1) is 9.56. The molecule has 1 rings (SSSR count). The molecule has 0 aliphatic carbocycles. The molecule has 0 saturated heterocycles. The molecule has 0 aromatic heterocycles. The van der Waals surface area contributed by atoms with E-state index in [4.69, 9.17) is 10.5 Å². The first-order valence-electron chi connectivity index (χ1n) is 7.02. The van der Waals surface area contributed by atoms with Gasteiger partial charge >= 0.3 is 0 Å². The quantitative estimate of drug-likeness (QED) is 0.724. The van der Waals surface area contributed by atoms with E-state index in [9.17, 15) is 9.90 Å². The number of rotatable bonds is 9. The third-order valence-corrected chi connectivity index (χ3v) is 2.94. The minimum absolute atomic E-state index is 0.130. The fourth-order valence-electron chi connectivity index (χ4n) is 2.00. The number of hydrogen-bond acceptors (Lipinski definition) is 4. The van der Waals surface area contributed by atoms with Crippen molar-refractivity contribution in [3.05, 3.63) is 23.8 Å². The van der Waals surface area contributed by atoms with Crippen LogP contribution in [-0.4, -0.2) is 35.6 Å². The van der Waals surface area contributed by atoms with E-state index < -0.39 is 0 Å². The smallest absolute Gasteiger partial charge is 0.231 e. The number of phenols is 1. The molecule has 3 N–H and O–H groups in total. The van der Waals surface area contributed by atoms with Crippen LogP contribution in [0.1, 0.15) is 32.3 Å². The molecular weight excluding hydrogens is 256 g/mol. The zero-order chi connectivity index (χ0) is 15.0. The summed E-state index contributed by atoms with van der Waals surface area (Å²) in [7, 11) is 0. The molecule has 1 aromatic rings. The van der Waals surface area contributed by atoms with Crippen LogP contribution in [-0.2, 0) is 11.3 Å². The lowest BCUT2D eigenvalue weighted by atomic mass is 10.1. The Kier molecular flexibility index (Phi) is 6.87. The summed E-state index contributed by atoms with van der Waals surface area (Å²) in [6.07, 6.45) is 2.08. The van der Waals surface area contributed by atoms with E-state index in [1.807, 2.05) is 17.9 Å². The third kappa shape index (κ3) is 5.48. The highest BCUT2D eigenvalue weighted by molar-refractivity contribution is 5.75. The van der Waals surface area contributed by atoms with Gasteiger partial charge in [0.15, 0.2) is 11.5 Å². The van der Waals surface area contributed by atoms with Gasteiger partial charge in [-0.3, -0.25) is 9.69 Å². The Bertz CT molecular complexity index is 435. The number of unbranched alkanes of at least 4 members (excludes halogenated alkanes) is 1. The maximum Gasteiger partial charge on any atom is 0.231 e. The lowest BCUT2D eigenvalue weighted by Crippen LogP contribution is -2.34. The van der Waals surface area contributed by atoms with Crippen molar-refractivity contribution in [1.82, 2.24) is 4.90 Å². The molecule has 0 heterocycles. The Balaban J connectivity index is 2.75. The fraction of sp³-hybridized carbons (Fsp3) is 0.533. The number of hydrogen-bond donors (Lipinski definition) is 2. The van der Waals surface area contributed by atoms with Gasteiger partial charge in [-0.1, -0.05) is 19.4 Å². The number of carbonyl (C=O) groups is 1. The predicted octanol–water partition coefficient (Wildman–Crippen LogP) is 1.88. The summed E-state index contributed by atoms with van der Waals surface area (Å²) in [5, 5.41) is 9.67. The molecule has 5 nitrogen and oxygen atoms in total. The van der Waals surface area contributed by atoms with Crippen LogP contribution in [0, 0.1) is 0 Å². The number of phenolic OH excluding ortho intramolecular Hbond substituents is 1. The van der Waals surface area contributed by atoms with Gasteiger partial charge in [-0.05, 0) is 37.6 Å². The van der Waals surface area contributed by atoms with Crippen LogP contribution in [0.5, 0.6) is 11.5 Å². The summed E-state index contributed by atoms with van der Waals surface area (Å²) >= 11 is 0. The van der Waals surface area contributed by atoms with Crippen molar-refractivity contribution in [3.63, 3.8) is 0 Å². The maximum absolute atomic E-state index is 11.1. The number of aromatic hydroxyl groups is 1. The van der Waals surface area contributed by atoms with Crippen LogP contribution in [0.3, 0.4) is 0 Å². The van der Waals surface area contributed by atoms with E-state index in [1.54, 1.807) is 12.1 Å². The van der Waals surface area contributed by atoms with Crippen LogP contribution < -0.4 is 10.5 Å². The van der Waals surface area contributed by atoms with Crippen molar-refractivity contribution in [2.45, 2.75) is 33.2 Å². The number of nitrogens with zero attached hydrogens (tertiary/aromatic N) is 1. The van der Waals surface area contributed by atoms with Crippen LogP contribution in [0.25, 0.3) is 0 Å². The second kappa shape index (κ2) is 8.43. The first kappa shape index (κ1) is 16.3. The molecule has 0 unspecified atom stereocenters. The van der Waals surface area contributed by atoms with Gasteiger partial charge in [0.25, 0.3) is 0 Å². The molecule has 20 heavy (non-hydrogen) atoms. The molecule has 0 radical (unpaired) electrons. The molecule has 0 spiro atoms. The fourth-order valence-corrected chi connectivity index (χ4v) is 2.00. The molecule has 5 heteroatoms. The lowest BCUT2D eigenvalue weighted by molar-refractivity contribution is -0.119. The average molecular weight is 280 g/mol. The van der Waals surface area contributed by atoms with Crippen molar-refractivity contribution in [1.29, 1.82) is 0 Å². The van der Waals surface area contributed by atoms with Gasteiger partial charge in [-0.2, -0.15) is 0 Å². The average Bonchev–Trinajstić information content (AvgIpc) is 2.39. The van der Waals surface area contributed by atoms with E-state index in [0.29, 0.717) is 18.9 Å². The van der Waals surface area contributed by atoms with E-state index >= 15 is 0 Å². The summed E-state index contributed by atoms with van der Waals surface area (Å²) < 4.78 is 5.36. The molecular formula is C15H24N2O3. The summed E-state index contributed by atoms with van der Waals surface area (Å²) in [5.74, 6) is 0.273. The third-order valence-electron chi connectivity index (χ3n) is 2.94. The Morgan fingerprint density at radius 3 is 2.75 bits per heavy atom. The van der Waals surface area contributed by atoms with Gasteiger partial charge in [0.05, 0.1) is 13.2 Å². The number of ether oxygens (including phenoxy) is 1. The predicted molar refractivity (Wildman–Crippen MR) is 78.7 cm³/mol. The topological polar surface area (TPSA) is 75.8 Å². The standard InChI is InChI=1S/C15H24N2O3/c1-3-5-8-17(11-15(16)19)10-12-6-7-13(18)14(9-12)20-4-2/h6-7,9,18H,3-5,8,10-11H2,1-2H3,(H2,16,19). The number of amides is 1. The number of carbonyl (C=O) groups excluding carboxylic acids is 1. The molecule has 112 valence electrons. The van der Waals surface area contributed by atoms with Gasteiger partial charge < -0.3 is 15.6 Å². The van der Waals surface area contributed by atoms with Crippen molar-refractivity contribution in [2.24, 2.45) is 5.73 Å². The SMILES string of the molecule is CCCCN(CC(N)=O)Cc1ccc(O)c(OCC)c1. The van der Waals surface area contributed by atoms with Crippen molar-refractivity contribution in [2.75, 3.05) is 19.7 Å². The summed E-state index contributed by atoms with van der Waals surface area (Å²) in [6, 6.07) is 5.25. The highest BCUT2D eigenvalue weighted by Crippen LogP contribution is 2.27. The highest BCUT2D eigenvalue weighted by Gasteiger charge is 2.10. The molecule has 0 aliphatic rings. The Morgan fingerprint density at radius 2 is 2.15 bits per heavy atom. The minimum Gasteiger partial charge on any atom is -0.504 e. The van der Waals surface area contributed by atoms with E-state index in [2.05, 4.69) is 6.92 Å². The number of benzene rings is 1. The second-order valence-electron chi connectivity index (χ2n) is 4.77. The van der Waals surface area contributed by atoms with Gasteiger partial charge in [0.2, 0.25) is 5.91 Å². The molecule has 1 aromatic carbocycles. The van der Waals surface area contributed by atoms with Gasteiger partial charge in [-0.25, -0.2) is 0 Å². The van der Waals surface area contributed by atoms with Crippen LogP contribution in [0.2, 0.25) is 0 Å². The van der Waals surface area contributed by atoms with Crippen molar-refractivity contribution < 1.29 is 14.6 Å². The Hall–Kier alpha value is -1.75. The zero-order valence-electron chi connectivity index (χ0n) is 12.3. The van der Waals surface area contributed by atoms with E-state index in [0.717, 1.165) is 24.9 Å². The largest absolute Gasteiger partial charge is 0.504 e. The van der Waals surface area contributed by atoms with Gasteiger partial charge in [-0.15, -0.1) is 0 Å².